The zero-order valence-corrected chi connectivity index (χ0v) is 12.3. The summed E-state index contributed by atoms with van der Waals surface area (Å²) < 4.78 is 12.9. The molecule has 0 atom stereocenters. The summed E-state index contributed by atoms with van der Waals surface area (Å²) in [5.41, 5.74) is 0.876. The highest BCUT2D eigenvalue weighted by atomic mass is 32.1. The van der Waals surface area contributed by atoms with Crippen molar-refractivity contribution in [3.8, 4) is 11.5 Å². The predicted octanol–water partition coefficient (Wildman–Crippen LogP) is 2.62. The van der Waals surface area contributed by atoms with Crippen molar-refractivity contribution in [2.45, 2.75) is 20.0 Å². The molecule has 0 aliphatic heterocycles. The minimum absolute atomic E-state index is 0.0904. The average Bonchev–Trinajstić information content (AvgIpc) is 2.82. The number of methoxy groups -OCH3 is 1. The number of aromatic nitrogens is 3. The Morgan fingerprint density at radius 3 is 2.80 bits per heavy atom. The van der Waals surface area contributed by atoms with Gasteiger partial charge in [-0.15, -0.1) is 0 Å². The van der Waals surface area contributed by atoms with Crippen LogP contribution in [0.25, 0.3) is 0 Å². The first kappa shape index (κ1) is 14.3. The standard InChI is InChI=1S/C13H16N4O2S/c1-9(2)19-11-5-4-10(6-12(11)18-3)7-15-17-8-14-16-13(17)20/h4-9H,1-3H3,(H,16,20). The number of benzene rings is 1. The maximum atomic E-state index is 5.65. The van der Waals surface area contributed by atoms with Crippen LogP contribution in [0.2, 0.25) is 0 Å². The van der Waals surface area contributed by atoms with Crippen molar-refractivity contribution in [2.75, 3.05) is 7.11 Å². The number of nitrogens with zero attached hydrogens (tertiary/aromatic N) is 3. The molecule has 1 heterocycles. The number of ether oxygens (including phenoxy) is 2. The van der Waals surface area contributed by atoms with Crippen LogP contribution in [0.5, 0.6) is 11.5 Å². The molecule has 0 unspecified atom stereocenters. The molecule has 0 saturated carbocycles. The summed E-state index contributed by atoms with van der Waals surface area (Å²) in [5.74, 6) is 1.37. The second-order valence-corrected chi connectivity index (χ2v) is 4.71. The Morgan fingerprint density at radius 2 is 2.20 bits per heavy atom. The summed E-state index contributed by atoms with van der Waals surface area (Å²) in [7, 11) is 1.61. The third kappa shape index (κ3) is 3.45. The van der Waals surface area contributed by atoms with Crippen LogP contribution in [-0.2, 0) is 0 Å². The highest BCUT2D eigenvalue weighted by Crippen LogP contribution is 2.28. The van der Waals surface area contributed by atoms with Crippen LogP contribution in [-0.4, -0.2) is 34.3 Å². The fraction of sp³-hybridized carbons (Fsp3) is 0.308. The van der Waals surface area contributed by atoms with Crippen molar-refractivity contribution in [2.24, 2.45) is 5.10 Å². The Kier molecular flexibility index (Phi) is 4.52. The Hall–Kier alpha value is -2.15. The number of rotatable bonds is 5. The molecular formula is C13H16N4O2S. The lowest BCUT2D eigenvalue weighted by Gasteiger charge is -2.13. The lowest BCUT2D eigenvalue weighted by atomic mass is 10.2. The van der Waals surface area contributed by atoms with E-state index in [-0.39, 0.29) is 6.10 Å². The summed E-state index contributed by atoms with van der Waals surface area (Å²) in [6.45, 7) is 3.94. The van der Waals surface area contributed by atoms with E-state index in [9.17, 15) is 0 Å². The Labute approximate surface area is 122 Å². The second kappa shape index (κ2) is 6.33. The molecule has 0 amide bonds. The zero-order valence-electron chi connectivity index (χ0n) is 11.5. The molecule has 0 bridgehead atoms. The van der Waals surface area contributed by atoms with Gasteiger partial charge in [0.25, 0.3) is 0 Å². The van der Waals surface area contributed by atoms with Gasteiger partial charge in [0.05, 0.1) is 19.4 Å². The third-order valence-electron chi connectivity index (χ3n) is 2.42. The summed E-state index contributed by atoms with van der Waals surface area (Å²) in [6, 6.07) is 5.60. The highest BCUT2D eigenvalue weighted by molar-refractivity contribution is 7.71. The molecule has 6 nitrogen and oxygen atoms in total. The molecule has 0 saturated heterocycles. The number of hydrogen-bond donors (Lipinski definition) is 1. The molecule has 7 heteroatoms. The normalized spacial score (nSPS) is 11.2. The second-order valence-electron chi connectivity index (χ2n) is 4.33. The van der Waals surface area contributed by atoms with Gasteiger partial charge in [0, 0.05) is 0 Å². The number of nitrogens with one attached hydrogen (secondary N) is 1. The molecule has 0 fully saturated rings. The fourth-order valence-electron chi connectivity index (χ4n) is 1.57. The van der Waals surface area contributed by atoms with Crippen molar-refractivity contribution < 1.29 is 9.47 Å². The van der Waals surface area contributed by atoms with Gasteiger partial charge >= 0.3 is 0 Å². The van der Waals surface area contributed by atoms with E-state index in [1.165, 1.54) is 11.0 Å². The molecule has 0 aliphatic carbocycles. The monoisotopic (exact) mass is 292 g/mol. The number of H-pyrrole nitrogens is 1. The van der Waals surface area contributed by atoms with E-state index >= 15 is 0 Å². The van der Waals surface area contributed by atoms with Gasteiger partial charge in [0.2, 0.25) is 4.77 Å². The van der Waals surface area contributed by atoms with Gasteiger partial charge < -0.3 is 9.47 Å². The minimum Gasteiger partial charge on any atom is -0.493 e. The molecule has 106 valence electrons. The molecule has 2 rings (SSSR count). The number of aromatic amines is 1. The largest absolute Gasteiger partial charge is 0.493 e. The first-order valence-corrected chi connectivity index (χ1v) is 6.52. The molecule has 0 aliphatic rings. The van der Waals surface area contributed by atoms with Crippen molar-refractivity contribution in [1.82, 2.24) is 14.9 Å². The van der Waals surface area contributed by atoms with E-state index in [1.807, 2.05) is 32.0 Å². The van der Waals surface area contributed by atoms with E-state index in [4.69, 9.17) is 21.7 Å². The van der Waals surface area contributed by atoms with Crippen molar-refractivity contribution in [1.29, 1.82) is 0 Å². The number of hydrogen-bond acceptors (Lipinski definition) is 5. The van der Waals surface area contributed by atoms with Gasteiger partial charge in [-0.1, -0.05) is 0 Å². The molecule has 2 aromatic rings. The molecule has 0 radical (unpaired) electrons. The summed E-state index contributed by atoms with van der Waals surface area (Å²) >= 11 is 5.00. The topological polar surface area (TPSA) is 64.4 Å². The fourth-order valence-corrected chi connectivity index (χ4v) is 1.72. The minimum atomic E-state index is 0.0904. The lowest BCUT2D eigenvalue weighted by Crippen LogP contribution is -2.06. The van der Waals surface area contributed by atoms with Crippen LogP contribution in [0, 0.1) is 4.77 Å². The molecular weight excluding hydrogens is 276 g/mol. The third-order valence-corrected chi connectivity index (χ3v) is 2.70. The maximum Gasteiger partial charge on any atom is 0.216 e. The quantitative estimate of drug-likeness (QED) is 0.679. The van der Waals surface area contributed by atoms with Gasteiger partial charge in [-0.3, -0.25) is 5.10 Å². The summed E-state index contributed by atoms with van der Waals surface area (Å²) in [4.78, 5) is 0. The van der Waals surface area contributed by atoms with Crippen LogP contribution in [0.15, 0.2) is 29.6 Å². The van der Waals surface area contributed by atoms with Crippen molar-refractivity contribution in [3.63, 3.8) is 0 Å². The van der Waals surface area contributed by atoms with Crippen LogP contribution in [0.1, 0.15) is 19.4 Å². The first-order chi connectivity index (χ1) is 9.60. The summed E-state index contributed by atoms with van der Waals surface area (Å²) in [6.07, 6.45) is 3.27. The predicted molar refractivity (Wildman–Crippen MR) is 79.2 cm³/mol. The van der Waals surface area contributed by atoms with Gasteiger partial charge in [0.15, 0.2) is 11.5 Å². The maximum absolute atomic E-state index is 5.65. The summed E-state index contributed by atoms with van der Waals surface area (Å²) in [5, 5.41) is 10.6. The lowest BCUT2D eigenvalue weighted by molar-refractivity contribution is 0.230. The van der Waals surface area contributed by atoms with E-state index in [2.05, 4.69) is 15.3 Å². The molecule has 0 spiro atoms. The van der Waals surface area contributed by atoms with Crippen LogP contribution < -0.4 is 9.47 Å². The van der Waals surface area contributed by atoms with E-state index in [0.29, 0.717) is 16.3 Å². The Balaban J connectivity index is 2.23. The van der Waals surface area contributed by atoms with E-state index in [1.54, 1.807) is 13.3 Å². The molecule has 1 aromatic carbocycles. The van der Waals surface area contributed by atoms with Crippen LogP contribution >= 0.6 is 12.2 Å². The van der Waals surface area contributed by atoms with Crippen molar-refractivity contribution >= 4 is 18.4 Å². The van der Waals surface area contributed by atoms with E-state index < -0.39 is 0 Å². The van der Waals surface area contributed by atoms with Gasteiger partial charge in [-0.05, 0) is 49.8 Å². The first-order valence-electron chi connectivity index (χ1n) is 6.11. The SMILES string of the molecule is COc1cc(C=Nn2cn[nH]c2=S)ccc1OC(C)C. The zero-order chi connectivity index (χ0) is 14.5. The highest BCUT2D eigenvalue weighted by Gasteiger charge is 2.06. The molecule has 1 aromatic heterocycles. The Bertz CT molecular complexity index is 660. The average molecular weight is 292 g/mol. The molecule has 20 heavy (non-hydrogen) atoms. The van der Waals surface area contributed by atoms with E-state index in [0.717, 1.165) is 5.56 Å². The Morgan fingerprint density at radius 1 is 1.40 bits per heavy atom. The van der Waals surface area contributed by atoms with Crippen LogP contribution in [0.3, 0.4) is 0 Å². The van der Waals surface area contributed by atoms with Crippen molar-refractivity contribution in [3.05, 3.63) is 34.9 Å². The molecule has 1 N–H and O–H groups in total. The smallest absolute Gasteiger partial charge is 0.216 e. The van der Waals surface area contributed by atoms with Gasteiger partial charge in [-0.2, -0.15) is 14.9 Å². The van der Waals surface area contributed by atoms with Gasteiger partial charge in [-0.25, -0.2) is 0 Å². The van der Waals surface area contributed by atoms with Crippen LogP contribution in [0.4, 0.5) is 0 Å². The van der Waals surface area contributed by atoms with Gasteiger partial charge in [0.1, 0.15) is 6.33 Å².